The molecule has 750 valence electrons. The Balaban J connectivity index is 0.000000171. The van der Waals surface area contributed by atoms with Crippen LogP contribution in [0.4, 0.5) is 122 Å². The van der Waals surface area contributed by atoms with Crippen molar-refractivity contribution >= 4 is 128 Å². The van der Waals surface area contributed by atoms with Crippen molar-refractivity contribution < 1.29 is 56.1 Å². The molecule has 0 spiro atoms. The number of likely N-dealkylation sites (N-methyl/N-ethyl adjacent to an activating group) is 4. The lowest BCUT2D eigenvalue weighted by molar-refractivity contribution is -0.126. The largest absolute Gasteiger partial charge is 0.493 e. The van der Waals surface area contributed by atoms with E-state index >= 15 is 0 Å². The van der Waals surface area contributed by atoms with Crippen LogP contribution >= 0.6 is 0 Å². The van der Waals surface area contributed by atoms with E-state index in [4.69, 9.17) is 19.3 Å². The number of aromatic nitrogens is 11. The summed E-state index contributed by atoms with van der Waals surface area (Å²) in [6.45, 7) is 30.9. The molecule has 144 heavy (non-hydrogen) atoms. The number of β-amino-alcohol motifs (C(OH)–C–C–N with tert-alkyl or cyclic N) is 1. The van der Waals surface area contributed by atoms with Crippen LogP contribution in [0.25, 0.3) is 0 Å². The number of piperidine rings is 1. The van der Waals surface area contributed by atoms with E-state index in [0.29, 0.717) is 90.9 Å². The Hall–Kier alpha value is -16.8. The number of amides is 4. The molecule has 0 bridgehead atoms. The maximum Gasteiger partial charge on any atom is 0.252 e. The van der Waals surface area contributed by atoms with Crippen molar-refractivity contribution in [2.75, 3.05) is 173 Å². The van der Waals surface area contributed by atoms with Gasteiger partial charge < -0.3 is 96.6 Å². The number of anilines is 18. The van der Waals surface area contributed by atoms with E-state index in [2.05, 4.69) is 171 Å². The predicted octanol–water partition coefficient (Wildman–Crippen LogP) is 17.2. The number of hydrogen-bond donors (Lipinski definition) is 10. The SMILES string of the molecule is C=C(Cn1cccn1)C(=O)Nc1cccc(Nc2nc(Nc3ccc(OC)nc3)ncc2F)c1.C=CC(=O)N(C)Cc1ccc(Nc2nc(Nc3cccc(N4CCN(CCO)CC4)c3)ncc2F)cc1.C=CC(=O)N(C)Cc1ccc(Nc2nc(Nc3cccc(OCC4CCN(C)CC4)c3)ncc2F)cc1.C=CC(=O)N(C)Cc1ccc(Nc2nc(Nc3cccc(OCCN(CC)CC)c3)ncc2F)cc1. The fourth-order valence-electron chi connectivity index (χ4n) is 14.6. The highest BCUT2D eigenvalue weighted by Gasteiger charge is 2.23. The maximum absolute atomic E-state index is 14.5. The van der Waals surface area contributed by atoms with Gasteiger partial charge in [-0.1, -0.05) is 101 Å². The summed E-state index contributed by atoms with van der Waals surface area (Å²) in [5.41, 5.74) is 10.1. The summed E-state index contributed by atoms with van der Waals surface area (Å²) in [5.74, 6) is 0.443. The van der Waals surface area contributed by atoms with Crippen molar-refractivity contribution in [3.63, 3.8) is 0 Å². The molecule has 0 aliphatic carbocycles. The van der Waals surface area contributed by atoms with E-state index in [1.807, 2.05) is 103 Å². The second-order valence-corrected chi connectivity index (χ2v) is 33.4. The number of rotatable bonds is 42. The van der Waals surface area contributed by atoms with Crippen LogP contribution < -0.4 is 67.0 Å². The van der Waals surface area contributed by atoms with E-state index in [-0.39, 0.29) is 83.8 Å². The number of likely N-dealkylation sites (tertiary alicyclic amines) is 1. The Bertz CT molecular complexity index is 6400. The van der Waals surface area contributed by atoms with Crippen molar-refractivity contribution in [1.82, 2.24) is 84.0 Å². The molecule has 6 aromatic heterocycles. The Labute approximate surface area is 834 Å². The van der Waals surface area contributed by atoms with Gasteiger partial charge in [0.15, 0.2) is 46.5 Å². The summed E-state index contributed by atoms with van der Waals surface area (Å²) >= 11 is 0. The van der Waals surface area contributed by atoms with E-state index in [1.54, 1.807) is 138 Å². The molecule has 7 aromatic carbocycles. The second kappa shape index (κ2) is 54.1. The number of carbonyl (C=O) groups excluding carboxylic acids is 4. The Morgan fingerprint density at radius 2 is 0.882 bits per heavy atom. The molecular formula is C105H119F4N27O8. The molecule has 0 atom stereocenters. The van der Waals surface area contributed by atoms with Gasteiger partial charge in [0.1, 0.15) is 18.1 Å². The first kappa shape index (κ1) is 106. The first-order valence-corrected chi connectivity index (χ1v) is 46.5. The molecule has 2 saturated heterocycles. The number of nitrogens with one attached hydrogen (secondary N) is 9. The number of pyridine rings is 1. The minimum absolute atomic E-state index is 0.0365. The number of nitrogens with zero attached hydrogens (tertiary/aromatic N) is 18. The predicted molar refractivity (Wildman–Crippen MR) is 555 cm³/mol. The summed E-state index contributed by atoms with van der Waals surface area (Å²) < 4.78 is 76.2. The van der Waals surface area contributed by atoms with Gasteiger partial charge in [0.25, 0.3) is 5.91 Å². The minimum Gasteiger partial charge on any atom is -0.493 e. The summed E-state index contributed by atoms with van der Waals surface area (Å²) in [4.78, 5) is 98.7. The highest BCUT2D eigenvalue weighted by atomic mass is 19.1. The number of methoxy groups -OCH3 is 1. The maximum atomic E-state index is 14.5. The average molecular weight is 1960 g/mol. The second-order valence-electron chi connectivity index (χ2n) is 33.4. The molecular weight excluding hydrogens is 1840 g/mol. The van der Waals surface area contributed by atoms with Crippen LogP contribution in [-0.2, 0) is 45.4 Å². The monoisotopic (exact) mass is 1960 g/mol. The van der Waals surface area contributed by atoms with Crippen LogP contribution in [-0.4, -0.2) is 233 Å². The topological polar surface area (TPSA) is 381 Å². The van der Waals surface area contributed by atoms with E-state index in [9.17, 15) is 36.7 Å². The van der Waals surface area contributed by atoms with Crippen molar-refractivity contribution in [3.8, 4) is 17.4 Å². The van der Waals surface area contributed by atoms with Gasteiger partial charge in [0.05, 0.1) is 63.5 Å². The number of carbonyl (C=O) groups is 4. The molecule has 35 nitrogen and oxygen atoms in total. The molecule has 4 amide bonds. The lowest BCUT2D eigenvalue weighted by Crippen LogP contribution is -2.47. The van der Waals surface area contributed by atoms with Gasteiger partial charge in [-0.25, -0.2) is 42.5 Å². The molecule has 39 heteroatoms. The number of aliphatic hydroxyl groups is 1. The van der Waals surface area contributed by atoms with Crippen LogP contribution in [0.2, 0.25) is 0 Å². The van der Waals surface area contributed by atoms with Gasteiger partial charge >= 0.3 is 0 Å². The van der Waals surface area contributed by atoms with E-state index in [0.717, 1.165) is 147 Å². The third-order valence-electron chi connectivity index (χ3n) is 22.7. The van der Waals surface area contributed by atoms with Crippen LogP contribution in [0, 0.1) is 29.2 Å². The molecule has 2 fully saturated rings. The number of halogens is 4. The van der Waals surface area contributed by atoms with Crippen molar-refractivity contribution in [1.29, 1.82) is 0 Å². The first-order chi connectivity index (χ1) is 69.7. The van der Waals surface area contributed by atoms with Gasteiger partial charge in [-0.2, -0.15) is 25.0 Å². The third-order valence-corrected chi connectivity index (χ3v) is 22.7. The molecule has 2 aliphatic heterocycles. The molecule has 13 aromatic rings. The molecule has 0 saturated carbocycles. The van der Waals surface area contributed by atoms with Crippen molar-refractivity contribution in [2.45, 2.75) is 52.9 Å². The van der Waals surface area contributed by atoms with E-state index < -0.39 is 23.3 Å². The van der Waals surface area contributed by atoms with Crippen molar-refractivity contribution in [2.24, 2.45) is 5.92 Å². The third kappa shape index (κ3) is 33.5. The Morgan fingerprint density at radius 3 is 1.30 bits per heavy atom. The van der Waals surface area contributed by atoms with Crippen LogP contribution in [0.3, 0.4) is 0 Å². The normalized spacial score (nSPS) is 12.3. The summed E-state index contributed by atoms with van der Waals surface area (Å²) in [6, 6.07) is 57.0. The summed E-state index contributed by atoms with van der Waals surface area (Å²) in [5, 5.41) is 40.2. The number of piperazine rings is 1. The highest BCUT2D eigenvalue weighted by molar-refractivity contribution is 6.03. The highest BCUT2D eigenvalue weighted by Crippen LogP contribution is 2.32. The van der Waals surface area contributed by atoms with Gasteiger partial charge in [0, 0.05) is 167 Å². The molecule has 2 aliphatic rings. The molecule has 10 N–H and O–H groups in total. The smallest absolute Gasteiger partial charge is 0.252 e. The summed E-state index contributed by atoms with van der Waals surface area (Å²) in [7, 11) is 8.79. The fraction of sp³-hybridized carbons (Fsp3) is 0.257. The first-order valence-electron chi connectivity index (χ1n) is 46.5. The zero-order chi connectivity index (χ0) is 102. The molecule has 15 rings (SSSR count). The zero-order valence-electron chi connectivity index (χ0n) is 81.4. The van der Waals surface area contributed by atoms with Crippen LogP contribution in [0.1, 0.15) is 43.4 Å². The molecule has 0 unspecified atom stereocenters. The van der Waals surface area contributed by atoms with Crippen LogP contribution in [0.5, 0.6) is 17.4 Å². The van der Waals surface area contributed by atoms with Gasteiger partial charge in [-0.15, -0.1) is 0 Å². The molecule has 8 heterocycles. The average Bonchev–Trinajstić information content (AvgIpc) is 0.868. The lowest BCUT2D eigenvalue weighted by Gasteiger charge is -2.35. The lowest BCUT2D eigenvalue weighted by atomic mass is 9.98. The van der Waals surface area contributed by atoms with Gasteiger partial charge in [-0.3, -0.25) is 28.8 Å². The van der Waals surface area contributed by atoms with E-state index in [1.165, 1.54) is 25.3 Å². The minimum atomic E-state index is -0.638. The fourth-order valence-corrected chi connectivity index (χ4v) is 14.6. The number of benzene rings is 7. The quantitative estimate of drug-likeness (QED) is 0.0125. The molecule has 0 radical (unpaired) electrons. The van der Waals surface area contributed by atoms with Crippen molar-refractivity contribution in [3.05, 3.63) is 322 Å². The van der Waals surface area contributed by atoms with Gasteiger partial charge in [0.2, 0.25) is 47.4 Å². The Morgan fingerprint density at radius 1 is 0.472 bits per heavy atom. The number of ether oxygens (including phenoxy) is 3. The summed E-state index contributed by atoms with van der Waals surface area (Å²) in [6.07, 6.45) is 15.5. The Kier molecular flexibility index (Phi) is 39.9. The standard InChI is InChI=1S/C28H33FN6O2.C27H32FN7O2.C27H33FN6O2.C23H21FN8O2/c1-4-26(36)35(3)18-20-8-10-22(11-9-20)31-27-25(29)17-30-28(33-27)32-23-6-5-7-24(16-23)37-19-21-12-14-34(2)15-13-21;1-3-25(37)33(2)19-20-7-9-21(10-8-20)30-26-24(28)18-29-27(32-26)31-22-5-4-6-23(17-22)35-13-11-34(12-14-35)15-16-36;1-5-25(35)33(4)19-20-11-13-21(14-12-20)30-26-24(28)18-29-27(32-26)31-22-9-8-10-23(17-22)36-16-15-34(6-2)7-3;1-15(14-32-10-4-9-27-32)22(33)29-17-6-3-5-16(11-17)28-21-19(24)13-26-23(31-21)30-18-7-8-20(34-2)25-12-18/h4-11,16-17,21H,1,12-15,18-19H2,2-3H3,(H2,30,31,32,33);3-10,17-18,36H,1,11-16,19H2,2H3,(H2,29,30,31,32);5,8-14,17-18H,1,6-7,15-16,19H2,2-4H3,(H2,29,30,31,32);3-13H,1,14H2,2H3,(H,29,33)(H2,26,28,30,31). The zero-order valence-corrected chi connectivity index (χ0v) is 81.4. The number of hydrogen-bond acceptors (Lipinski definition) is 30. The van der Waals surface area contributed by atoms with Crippen LogP contribution in [0.15, 0.2) is 282 Å². The van der Waals surface area contributed by atoms with Gasteiger partial charge in [-0.05, 0) is 196 Å². The number of aliphatic hydroxyl groups excluding tert-OH is 1.